The lowest BCUT2D eigenvalue weighted by Crippen LogP contribution is -2.25. The molecule has 3 N–H and O–H groups in total. The van der Waals surface area contributed by atoms with Crippen LogP contribution in [-0.2, 0) is 6.54 Å². The van der Waals surface area contributed by atoms with Gasteiger partial charge < -0.3 is 20.4 Å². The second-order valence-electron chi connectivity index (χ2n) is 6.11. The molecule has 1 unspecified atom stereocenters. The van der Waals surface area contributed by atoms with Crippen LogP contribution in [0.3, 0.4) is 0 Å². The molecule has 0 bridgehead atoms. The highest BCUT2D eigenvalue weighted by Crippen LogP contribution is 2.25. The van der Waals surface area contributed by atoms with Crippen LogP contribution in [0.25, 0.3) is 0 Å². The summed E-state index contributed by atoms with van der Waals surface area (Å²) >= 11 is 0. The zero-order valence-corrected chi connectivity index (χ0v) is 13.0. The Balaban J connectivity index is 2.04. The molecule has 0 aliphatic rings. The standard InChI is InChI=1S/C15H23N5O/c1-11(9-20-8-7-17-10-20)18-13-6-5-12(16)14(19-13)21-15(2,3)4/h5-8,10-11H,9,16H2,1-4H3,(H,18,19). The maximum atomic E-state index is 5.91. The normalized spacial score (nSPS) is 13.0. The average molecular weight is 289 g/mol. The van der Waals surface area contributed by atoms with Gasteiger partial charge in [-0.3, -0.25) is 0 Å². The number of pyridine rings is 1. The van der Waals surface area contributed by atoms with E-state index in [1.54, 1.807) is 18.6 Å². The average Bonchev–Trinajstić information content (AvgIpc) is 2.84. The van der Waals surface area contributed by atoms with Crippen molar-refractivity contribution < 1.29 is 4.74 Å². The van der Waals surface area contributed by atoms with Gasteiger partial charge >= 0.3 is 0 Å². The molecule has 1 atom stereocenters. The Morgan fingerprint density at radius 2 is 2.14 bits per heavy atom. The Kier molecular flexibility index (Phi) is 4.35. The molecular weight excluding hydrogens is 266 g/mol. The van der Waals surface area contributed by atoms with E-state index < -0.39 is 0 Å². The second kappa shape index (κ2) is 6.03. The van der Waals surface area contributed by atoms with Crippen molar-refractivity contribution in [2.75, 3.05) is 11.1 Å². The van der Waals surface area contributed by atoms with Gasteiger partial charge in [0.1, 0.15) is 11.4 Å². The number of nitrogens with one attached hydrogen (secondary N) is 1. The van der Waals surface area contributed by atoms with Crippen molar-refractivity contribution >= 4 is 11.5 Å². The van der Waals surface area contributed by atoms with Crippen molar-refractivity contribution in [1.82, 2.24) is 14.5 Å². The lowest BCUT2D eigenvalue weighted by molar-refractivity contribution is 0.125. The van der Waals surface area contributed by atoms with E-state index in [9.17, 15) is 0 Å². The van der Waals surface area contributed by atoms with E-state index >= 15 is 0 Å². The van der Waals surface area contributed by atoms with Crippen LogP contribution in [0.15, 0.2) is 30.9 Å². The van der Waals surface area contributed by atoms with Crippen molar-refractivity contribution in [1.29, 1.82) is 0 Å². The maximum Gasteiger partial charge on any atom is 0.239 e. The van der Waals surface area contributed by atoms with Crippen LogP contribution in [0.1, 0.15) is 27.7 Å². The molecule has 2 aromatic rings. The molecule has 6 heteroatoms. The summed E-state index contributed by atoms with van der Waals surface area (Å²) in [6.45, 7) is 8.80. The molecule has 0 aliphatic carbocycles. The number of hydrogen-bond acceptors (Lipinski definition) is 5. The third kappa shape index (κ3) is 4.66. The number of imidazole rings is 1. The highest BCUT2D eigenvalue weighted by atomic mass is 16.5. The minimum atomic E-state index is -0.331. The van der Waals surface area contributed by atoms with Crippen LogP contribution in [-0.4, -0.2) is 26.2 Å². The van der Waals surface area contributed by atoms with Crippen molar-refractivity contribution in [3.63, 3.8) is 0 Å². The molecule has 0 aliphatic heterocycles. The van der Waals surface area contributed by atoms with Gasteiger partial charge in [0, 0.05) is 25.0 Å². The van der Waals surface area contributed by atoms with Crippen molar-refractivity contribution in [2.45, 2.75) is 45.9 Å². The van der Waals surface area contributed by atoms with Gasteiger partial charge in [0.05, 0.1) is 12.0 Å². The van der Waals surface area contributed by atoms with Gasteiger partial charge in [0.25, 0.3) is 0 Å². The summed E-state index contributed by atoms with van der Waals surface area (Å²) in [7, 11) is 0. The molecule has 0 saturated carbocycles. The van der Waals surface area contributed by atoms with E-state index in [1.807, 2.05) is 37.6 Å². The summed E-state index contributed by atoms with van der Waals surface area (Å²) in [4.78, 5) is 8.47. The monoisotopic (exact) mass is 289 g/mol. The van der Waals surface area contributed by atoms with Gasteiger partial charge in [-0.25, -0.2) is 4.98 Å². The van der Waals surface area contributed by atoms with Gasteiger partial charge in [-0.05, 0) is 39.8 Å². The molecule has 2 heterocycles. The van der Waals surface area contributed by atoms with Crippen LogP contribution in [0.5, 0.6) is 5.88 Å². The third-order valence-corrected chi connectivity index (χ3v) is 2.73. The smallest absolute Gasteiger partial charge is 0.239 e. The predicted octanol–water partition coefficient (Wildman–Crippen LogP) is 2.54. The minimum Gasteiger partial charge on any atom is -0.470 e. The number of anilines is 2. The third-order valence-electron chi connectivity index (χ3n) is 2.73. The fourth-order valence-electron chi connectivity index (χ4n) is 1.91. The van der Waals surface area contributed by atoms with Crippen LogP contribution in [0.4, 0.5) is 11.5 Å². The number of nitrogens with zero attached hydrogens (tertiary/aromatic N) is 3. The largest absolute Gasteiger partial charge is 0.470 e. The fraction of sp³-hybridized carbons (Fsp3) is 0.467. The van der Waals surface area contributed by atoms with E-state index in [0.717, 1.165) is 12.4 Å². The van der Waals surface area contributed by atoms with E-state index in [0.29, 0.717) is 11.6 Å². The molecule has 0 aromatic carbocycles. The first-order valence-corrected chi connectivity index (χ1v) is 7.01. The molecule has 0 amide bonds. The Bertz CT molecular complexity index is 574. The molecule has 0 radical (unpaired) electrons. The predicted molar refractivity (Wildman–Crippen MR) is 84.3 cm³/mol. The lowest BCUT2D eigenvalue weighted by Gasteiger charge is -2.22. The highest BCUT2D eigenvalue weighted by molar-refractivity contribution is 5.54. The summed E-state index contributed by atoms with van der Waals surface area (Å²) in [5.74, 6) is 1.21. The van der Waals surface area contributed by atoms with Crippen LogP contribution in [0.2, 0.25) is 0 Å². The zero-order valence-electron chi connectivity index (χ0n) is 13.0. The van der Waals surface area contributed by atoms with E-state index in [2.05, 4.69) is 22.2 Å². The molecule has 2 rings (SSSR count). The molecule has 0 spiro atoms. The Morgan fingerprint density at radius 3 is 2.76 bits per heavy atom. The van der Waals surface area contributed by atoms with Gasteiger partial charge in [-0.15, -0.1) is 0 Å². The summed E-state index contributed by atoms with van der Waals surface area (Å²) < 4.78 is 7.78. The maximum absolute atomic E-state index is 5.91. The van der Waals surface area contributed by atoms with Crippen LogP contribution in [0, 0.1) is 0 Å². The molecule has 114 valence electrons. The fourth-order valence-corrected chi connectivity index (χ4v) is 1.91. The van der Waals surface area contributed by atoms with Crippen molar-refractivity contribution in [2.24, 2.45) is 0 Å². The number of rotatable bonds is 5. The number of aromatic nitrogens is 3. The first-order valence-electron chi connectivity index (χ1n) is 7.01. The van der Waals surface area contributed by atoms with E-state index in [1.165, 1.54) is 0 Å². The molecule has 0 saturated heterocycles. The van der Waals surface area contributed by atoms with Gasteiger partial charge in [0.2, 0.25) is 5.88 Å². The van der Waals surface area contributed by atoms with E-state index in [4.69, 9.17) is 10.5 Å². The molecule has 2 aromatic heterocycles. The summed E-state index contributed by atoms with van der Waals surface area (Å²) in [6, 6.07) is 3.87. The SMILES string of the molecule is CC(Cn1ccnc1)Nc1ccc(N)c(OC(C)(C)C)n1. The van der Waals surface area contributed by atoms with Gasteiger partial charge in [0.15, 0.2) is 0 Å². The zero-order chi connectivity index (χ0) is 15.5. The van der Waals surface area contributed by atoms with Crippen LogP contribution >= 0.6 is 0 Å². The van der Waals surface area contributed by atoms with Crippen LogP contribution < -0.4 is 15.8 Å². The first-order chi connectivity index (χ1) is 9.83. The Morgan fingerprint density at radius 1 is 1.38 bits per heavy atom. The molecule has 0 fully saturated rings. The number of nitrogen functional groups attached to an aromatic ring is 1. The number of ether oxygens (including phenoxy) is 1. The molecule has 21 heavy (non-hydrogen) atoms. The van der Waals surface area contributed by atoms with E-state index in [-0.39, 0.29) is 11.6 Å². The first kappa shape index (κ1) is 15.2. The molecule has 6 nitrogen and oxygen atoms in total. The lowest BCUT2D eigenvalue weighted by atomic mass is 10.2. The quantitative estimate of drug-likeness (QED) is 0.884. The summed E-state index contributed by atoms with van der Waals surface area (Å²) in [5, 5.41) is 3.34. The Hall–Kier alpha value is -2.24. The summed E-state index contributed by atoms with van der Waals surface area (Å²) in [6.07, 6.45) is 5.49. The highest BCUT2D eigenvalue weighted by Gasteiger charge is 2.16. The van der Waals surface area contributed by atoms with Crippen molar-refractivity contribution in [3.05, 3.63) is 30.9 Å². The summed E-state index contributed by atoms with van der Waals surface area (Å²) in [5.41, 5.74) is 6.12. The number of hydrogen-bond donors (Lipinski definition) is 2. The molecular formula is C15H23N5O. The van der Waals surface area contributed by atoms with Gasteiger partial charge in [-0.1, -0.05) is 0 Å². The van der Waals surface area contributed by atoms with Gasteiger partial charge in [-0.2, -0.15) is 4.98 Å². The second-order valence-corrected chi connectivity index (χ2v) is 6.11. The Labute approximate surface area is 125 Å². The number of nitrogens with two attached hydrogens (primary N) is 1. The van der Waals surface area contributed by atoms with Crippen molar-refractivity contribution in [3.8, 4) is 5.88 Å². The topological polar surface area (TPSA) is 78.0 Å². The minimum absolute atomic E-state index is 0.206.